The van der Waals surface area contributed by atoms with E-state index in [4.69, 9.17) is 4.74 Å². The fourth-order valence-electron chi connectivity index (χ4n) is 8.44. The third-order valence-electron chi connectivity index (χ3n) is 11.3. The second kappa shape index (κ2) is 17.7. The lowest BCUT2D eigenvalue weighted by molar-refractivity contribution is -0.158. The zero-order valence-corrected chi connectivity index (χ0v) is 32.7. The van der Waals surface area contributed by atoms with Gasteiger partial charge < -0.3 is 35.4 Å². The Bertz CT molecular complexity index is 1820. The molecule has 6 rings (SSSR count). The van der Waals surface area contributed by atoms with Gasteiger partial charge in [0.25, 0.3) is 0 Å². The number of nitrogens with zero attached hydrogens (tertiary/aromatic N) is 5. The molecule has 1 aromatic heterocycles. The SMILES string of the molecule is CCn1nc(CC(=O)N[C@@H](Cc2ccccc2)C(=O)N[C@H]2COC(=O)[C@@H]3C[C@@H](C)CN3C(=O)[C@H](C)NC(=O)[C@@H]3CCCCN3C(=O)[C@@H]3CCCN3C2=O)cc1C. The molecule has 1 aromatic carbocycles. The molecule has 302 valence electrons. The summed E-state index contributed by atoms with van der Waals surface area (Å²) < 4.78 is 7.54. The number of hydrogen-bond donors (Lipinski definition) is 3. The van der Waals surface area contributed by atoms with Crippen molar-refractivity contribution in [2.24, 2.45) is 5.92 Å². The van der Waals surface area contributed by atoms with Crippen LogP contribution in [0.1, 0.15) is 76.2 Å². The van der Waals surface area contributed by atoms with Crippen LogP contribution in [-0.4, -0.2) is 128 Å². The lowest BCUT2D eigenvalue weighted by atomic mass is 9.99. The molecular formula is C40H54N8O8. The predicted molar refractivity (Wildman–Crippen MR) is 202 cm³/mol. The molecule has 6 amide bonds. The third kappa shape index (κ3) is 9.05. The van der Waals surface area contributed by atoms with E-state index in [9.17, 15) is 33.6 Å². The molecule has 0 bridgehead atoms. The number of carbonyl (C=O) groups is 7. The van der Waals surface area contributed by atoms with Gasteiger partial charge in [-0.15, -0.1) is 0 Å². The van der Waals surface area contributed by atoms with Crippen molar-refractivity contribution in [3.8, 4) is 0 Å². The molecule has 16 heteroatoms. The van der Waals surface area contributed by atoms with Crippen LogP contribution in [-0.2, 0) is 57.7 Å². The standard InChI is InChI=1S/C40H54N8O8/c1-5-48-25(3)19-28(44-48)21-34(49)42-29(20-27-12-7-6-8-13-27)35(50)43-30-23-56-40(55)33-18-24(2)22-47(33)37(52)26(4)41-36(51)31-14-9-10-16-45(31)39(54)32-15-11-17-46(32)38(30)53/h6-8,12-13,19,24,26,29-33H,5,9-11,14-18,20-23H2,1-4H3,(H,41,51)(H,42,49)(H,43,50)/t24-,26+,29+,30+,31+,32+,33+/m1/s1. The van der Waals surface area contributed by atoms with Gasteiger partial charge in [-0.05, 0) is 76.8 Å². The van der Waals surface area contributed by atoms with E-state index in [2.05, 4.69) is 21.0 Å². The summed E-state index contributed by atoms with van der Waals surface area (Å²) in [6.07, 6.45) is 2.99. The van der Waals surface area contributed by atoms with E-state index in [0.29, 0.717) is 57.3 Å². The zero-order chi connectivity index (χ0) is 40.1. The first-order valence-corrected chi connectivity index (χ1v) is 19.9. The van der Waals surface area contributed by atoms with Crippen molar-refractivity contribution in [3.05, 3.63) is 53.3 Å². The van der Waals surface area contributed by atoms with Gasteiger partial charge in [-0.3, -0.25) is 33.4 Å². The summed E-state index contributed by atoms with van der Waals surface area (Å²) in [6.45, 7) is 8.19. The largest absolute Gasteiger partial charge is 0.461 e. The van der Waals surface area contributed by atoms with Crippen LogP contribution in [0.25, 0.3) is 0 Å². The summed E-state index contributed by atoms with van der Waals surface area (Å²) in [4.78, 5) is 102. The molecule has 0 unspecified atom stereocenters. The Morgan fingerprint density at radius 1 is 0.911 bits per heavy atom. The fourth-order valence-corrected chi connectivity index (χ4v) is 8.44. The number of piperidine rings is 1. The Hall–Kier alpha value is -5.28. The minimum absolute atomic E-state index is 0.0440. The Labute approximate surface area is 327 Å². The molecule has 5 heterocycles. The van der Waals surface area contributed by atoms with E-state index in [1.165, 1.54) is 14.7 Å². The van der Waals surface area contributed by atoms with E-state index < -0.39 is 78.4 Å². The summed E-state index contributed by atoms with van der Waals surface area (Å²) in [7, 11) is 0. The predicted octanol–water partition coefficient (Wildman–Crippen LogP) is 0.637. The van der Waals surface area contributed by atoms with Gasteiger partial charge in [0.1, 0.15) is 42.9 Å². The molecule has 0 saturated carbocycles. The van der Waals surface area contributed by atoms with Gasteiger partial charge in [0.2, 0.25) is 35.4 Å². The second-order valence-electron chi connectivity index (χ2n) is 15.6. The van der Waals surface area contributed by atoms with Crippen molar-refractivity contribution in [1.82, 2.24) is 40.4 Å². The number of rotatable bonds is 8. The first-order chi connectivity index (χ1) is 26.8. The highest BCUT2D eigenvalue weighted by atomic mass is 16.5. The second-order valence-corrected chi connectivity index (χ2v) is 15.6. The van der Waals surface area contributed by atoms with E-state index in [1.54, 1.807) is 11.6 Å². The molecular weight excluding hydrogens is 720 g/mol. The number of nitrogens with one attached hydrogen (secondary N) is 3. The Morgan fingerprint density at radius 3 is 2.36 bits per heavy atom. The third-order valence-corrected chi connectivity index (χ3v) is 11.3. The van der Waals surface area contributed by atoms with Crippen molar-refractivity contribution < 1.29 is 38.3 Å². The number of aromatic nitrogens is 2. The molecule has 16 nitrogen and oxygen atoms in total. The van der Waals surface area contributed by atoms with Crippen LogP contribution in [0.5, 0.6) is 0 Å². The molecule has 56 heavy (non-hydrogen) atoms. The maximum atomic E-state index is 14.5. The lowest BCUT2D eigenvalue weighted by Gasteiger charge is -2.39. The number of ether oxygens (including phenoxy) is 1. The number of hydrogen-bond acceptors (Lipinski definition) is 9. The van der Waals surface area contributed by atoms with Crippen LogP contribution in [0.3, 0.4) is 0 Å². The molecule has 2 aromatic rings. The summed E-state index contributed by atoms with van der Waals surface area (Å²) >= 11 is 0. The van der Waals surface area contributed by atoms with Gasteiger partial charge in [-0.2, -0.15) is 5.10 Å². The number of benzene rings is 1. The lowest BCUT2D eigenvalue weighted by Crippen LogP contribution is -2.62. The van der Waals surface area contributed by atoms with Crippen LogP contribution < -0.4 is 16.0 Å². The highest BCUT2D eigenvalue weighted by Crippen LogP contribution is 2.28. The Kier molecular flexibility index (Phi) is 12.7. The number of fused-ring (bicyclic) bond motifs is 3. The van der Waals surface area contributed by atoms with Crippen LogP contribution in [0.15, 0.2) is 36.4 Å². The van der Waals surface area contributed by atoms with Crippen LogP contribution in [0.4, 0.5) is 0 Å². The van der Waals surface area contributed by atoms with Crippen molar-refractivity contribution >= 4 is 41.4 Å². The van der Waals surface area contributed by atoms with Gasteiger partial charge >= 0.3 is 5.97 Å². The Morgan fingerprint density at radius 2 is 1.62 bits per heavy atom. The van der Waals surface area contributed by atoms with Gasteiger partial charge in [-0.25, -0.2) is 4.79 Å². The van der Waals surface area contributed by atoms with E-state index in [1.807, 2.05) is 57.2 Å². The average Bonchev–Trinajstić information content (AvgIpc) is 3.93. The summed E-state index contributed by atoms with van der Waals surface area (Å²) in [5, 5.41) is 12.9. The van der Waals surface area contributed by atoms with Crippen molar-refractivity contribution in [1.29, 1.82) is 0 Å². The molecule has 0 aliphatic carbocycles. The average molecular weight is 775 g/mol. The van der Waals surface area contributed by atoms with E-state index in [0.717, 1.165) is 11.3 Å². The molecule has 4 saturated heterocycles. The summed E-state index contributed by atoms with van der Waals surface area (Å²) in [5.41, 5.74) is 2.20. The smallest absolute Gasteiger partial charge is 0.328 e. The maximum absolute atomic E-state index is 14.5. The van der Waals surface area contributed by atoms with Gasteiger partial charge in [-0.1, -0.05) is 37.3 Å². The number of esters is 1. The van der Waals surface area contributed by atoms with E-state index in [-0.39, 0.29) is 37.8 Å². The number of carbonyl (C=O) groups excluding carboxylic acids is 7. The number of amides is 6. The summed E-state index contributed by atoms with van der Waals surface area (Å²) in [5.74, 6) is -3.84. The number of cyclic esters (lactones) is 1. The van der Waals surface area contributed by atoms with Crippen LogP contribution in [0.2, 0.25) is 0 Å². The molecule has 0 radical (unpaired) electrons. The first kappa shape index (κ1) is 40.4. The summed E-state index contributed by atoms with van der Waals surface area (Å²) in [6, 6.07) is 4.71. The number of aryl methyl sites for hydroxylation is 2. The highest BCUT2D eigenvalue weighted by molar-refractivity contribution is 5.98. The molecule has 4 aliphatic rings. The zero-order valence-electron chi connectivity index (χ0n) is 32.7. The van der Waals surface area contributed by atoms with Gasteiger partial charge in [0.05, 0.1) is 12.1 Å². The molecule has 4 fully saturated rings. The topological polar surface area (TPSA) is 192 Å². The minimum atomic E-state index is -1.42. The minimum Gasteiger partial charge on any atom is -0.461 e. The van der Waals surface area contributed by atoms with Gasteiger partial charge in [0, 0.05) is 38.3 Å². The van der Waals surface area contributed by atoms with Crippen LogP contribution in [0, 0.1) is 12.8 Å². The molecule has 3 N–H and O–H groups in total. The maximum Gasteiger partial charge on any atom is 0.328 e. The van der Waals surface area contributed by atoms with Crippen molar-refractivity contribution in [3.63, 3.8) is 0 Å². The van der Waals surface area contributed by atoms with Crippen molar-refractivity contribution in [2.45, 2.75) is 122 Å². The monoisotopic (exact) mass is 774 g/mol. The molecule has 4 aliphatic heterocycles. The first-order valence-electron chi connectivity index (χ1n) is 19.9. The quantitative estimate of drug-likeness (QED) is 0.323. The Balaban J connectivity index is 1.29. The fraction of sp³-hybridized carbons (Fsp3) is 0.600. The van der Waals surface area contributed by atoms with Crippen molar-refractivity contribution in [2.75, 3.05) is 26.2 Å². The van der Waals surface area contributed by atoms with Gasteiger partial charge in [0.15, 0.2) is 0 Å². The van der Waals surface area contributed by atoms with Crippen LogP contribution >= 0.6 is 0 Å². The molecule has 7 atom stereocenters. The normalized spacial score (nSPS) is 26.9. The highest BCUT2D eigenvalue weighted by Gasteiger charge is 2.46. The van der Waals surface area contributed by atoms with E-state index >= 15 is 0 Å². The molecule has 0 spiro atoms.